The molecule has 11 heteroatoms. The van der Waals surface area contributed by atoms with Crippen LogP contribution in [0.5, 0.6) is 17.2 Å². The van der Waals surface area contributed by atoms with Gasteiger partial charge >= 0.3 is 7.82 Å². The Morgan fingerprint density at radius 2 is 1.58 bits per heavy atom. The van der Waals surface area contributed by atoms with Gasteiger partial charge in [0.2, 0.25) is 0 Å². The summed E-state index contributed by atoms with van der Waals surface area (Å²) in [5.41, 5.74) is 0.353. The zero-order valence-corrected chi connectivity index (χ0v) is 27.9. The van der Waals surface area contributed by atoms with Crippen molar-refractivity contribution in [1.82, 2.24) is 4.90 Å². The van der Waals surface area contributed by atoms with E-state index in [0.717, 1.165) is 31.6 Å². The van der Waals surface area contributed by atoms with E-state index in [0.29, 0.717) is 17.1 Å². The van der Waals surface area contributed by atoms with Gasteiger partial charge in [0, 0.05) is 30.9 Å². The molecule has 45 heavy (non-hydrogen) atoms. The maximum Gasteiger partial charge on any atom is 0.531 e. The maximum atomic E-state index is 15.5. The minimum absolute atomic E-state index is 0.0492. The van der Waals surface area contributed by atoms with Crippen molar-refractivity contribution in [3.63, 3.8) is 0 Å². The summed E-state index contributed by atoms with van der Waals surface area (Å²) in [6.07, 6.45) is 1.01. The fraction of sp³-hybridized carbons (Fsp3) is 0.471. The molecule has 0 amide bonds. The molecule has 0 radical (unpaired) electrons. The first-order valence-electron chi connectivity index (χ1n) is 15.3. The third-order valence-corrected chi connectivity index (χ3v) is 9.07. The zero-order valence-electron chi connectivity index (χ0n) is 27.0. The molecule has 1 saturated heterocycles. The number of phosphoric ester groups is 1. The smallest absolute Gasteiger partial charge is 0.489 e. The fourth-order valence-corrected chi connectivity index (χ4v) is 7.22. The minimum atomic E-state index is -4.06. The number of nitrogens with zero attached hydrogens (tertiary/aromatic N) is 2. The molecule has 2 aliphatic rings. The van der Waals surface area contributed by atoms with Gasteiger partial charge in [0.1, 0.15) is 30.0 Å². The minimum Gasteiger partial charge on any atom is -0.489 e. The van der Waals surface area contributed by atoms with Crippen LogP contribution >= 0.6 is 7.82 Å². The largest absolute Gasteiger partial charge is 0.531 e. The maximum absolute atomic E-state index is 15.5. The fourth-order valence-electron chi connectivity index (χ4n) is 5.39. The third-order valence-electron chi connectivity index (χ3n) is 7.09. The summed E-state index contributed by atoms with van der Waals surface area (Å²) in [7, 11) is -4.06. The molecule has 8 nitrogen and oxygen atoms in total. The van der Waals surface area contributed by atoms with E-state index in [1.807, 2.05) is 4.90 Å². The van der Waals surface area contributed by atoms with E-state index in [-0.39, 0.29) is 30.0 Å². The van der Waals surface area contributed by atoms with E-state index in [1.165, 1.54) is 18.2 Å². The summed E-state index contributed by atoms with van der Waals surface area (Å²) in [6.45, 7) is 15.4. The van der Waals surface area contributed by atoms with Crippen molar-refractivity contribution >= 4 is 19.2 Å². The van der Waals surface area contributed by atoms with Crippen LogP contribution in [-0.4, -0.2) is 48.4 Å². The van der Waals surface area contributed by atoms with Gasteiger partial charge < -0.3 is 18.9 Å². The van der Waals surface area contributed by atoms with E-state index >= 15 is 4.39 Å². The Labute approximate surface area is 264 Å². The number of hydrogen-bond acceptors (Lipinski definition) is 8. The molecule has 3 aromatic rings. The van der Waals surface area contributed by atoms with Gasteiger partial charge in [-0.2, -0.15) is 0 Å². The third kappa shape index (κ3) is 8.36. The summed E-state index contributed by atoms with van der Waals surface area (Å²) < 4.78 is 72.7. The predicted molar refractivity (Wildman–Crippen MR) is 171 cm³/mol. The molecule has 2 aliphatic heterocycles. The highest BCUT2D eigenvalue weighted by atomic mass is 31.2. The Kier molecular flexibility index (Phi) is 9.53. The van der Waals surface area contributed by atoms with Crippen LogP contribution in [0.2, 0.25) is 0 Å². The summed E-state index contributed by atoms with van der Waals surface area (Å²) in [6, 6.07) is 15.6. The van der Waals surface area contributed by atoms with Crippen LogP contribution in [0.4, 0.5) is 20.2 Å². The topological polar surface area (TPSA) is 69.7 Å². The monoisotopic (exact) mass is 644 g/mol. The Morgan fingerprint density at radius 1 is 0.911 bits per heavy atom. The molecule has 1 fully saturated rings. The van der Waals surface area contributed by atoms with E-state index in [9.17, 15) is 8.96 Å². The number of fused-ring (bicyclic) bond motifs is 1. The summed E-state index contributed by atoms with van der Waals surface area (Å²) in [5, 5.41) is 0. The molecule has 0 unspecified atom stereocenters. The van der Waals surface area contributed by atoms with Gasteiger partial charge in [-0.15, -0.1) is 0 Å². The first kappa shape index (κ1) is 33.2. The molecule has 2 heterocycles. The van der Waals surface area contributed by atoms with Gasteiger partial charge in [0.25, 0.3) is 0 Å². The molecular weight excluding hydrogens is 601 g/mol. The lowest BCUT2D eigenvalue weighted by molar-refractivity contribution is 0.0179. The quantitative estimate of drug-likeness (QED) is 0.203. The normalized spacial score (nSPS) is 17.8. The summed E-state index contributed by atoms with van der Waals surface area (Å²) >= 11 is 0. The number of benzene rings is 3. The van der Waals surface area contributed by atoms with Gasteiger partial charge in [-0.1, -0.05) is 19.1 Å². The van der Waals surface area contributed by atoms with Crippen molar-refractivity contribution in [2.75, 3.05) is 31.1 Å². The Balaban J connectivity index is 1.46. The molecule has 3 aromatic carbocycles. The first-order chi connectivity index (χ1) is 21.1. The van der Waals surface area contributed by atoms with Crippen molar-refractivity contribution in [3.8, 4) is 17.2 Å². The molecule has 0 N–H and O–H groups in total. The lowest BCUT2D eigenvalue weighted by atomic mass is 10.0. The van der Waals surface area contributed by atoms with Gasteiger partial charge in [-0.25, -0.2) is 13.3 Å². The molecule has 0 aromatic heterocycles. The highest BCUT2D eigenvalue weighted by Gasteiger charge is 2.39. The highest BCUT2D eigenvalue weighted by molar-refractivity contribution is 7.49. The van der Waals surface area contributed by atoms with Crippen LogP contribution in [0, 0.1) is 11.6 Å². The van der Waals surface area contributed by atoms with Crippen LogP contribution in [-0.2, 0) is 13.6 Å². The highest BCUT2D eigenvalue weighted by Crippen LogP contribution is 2.56. The van der Waals surface area contributed by atoms with E-state index < -0.39 is 30.9 Å². The predicted octanol–water partition coefficient (Wildman–Crippen LogP) is 8.83. The molecular formula is C34H43F2N2O6P. The van der Waals surface area contributed by atoms with Crippen molar-refractivity contribution in [3.05, 3.63) is 77.9 Å². The number of ether oxygens (including phenoxy) is 2. The molecule has 1 atom stereocenters. The van der Waals surface area contributed by atoms with Gasteiger partial charge in [0.15, 0.2) is 11.6 Å². The average Bonchev–Trinajstić information content (AvgIpc) is 2.90. The van der Waals surface area contributed by atoms with Crippen molar-refractivity contribution in [2.24, 2.45) is 0 Å². The van der Waals surface area contributed by atoms with E-state index in [4.69, 9.17) is 23.0 Å². The van der Waals surface area contributed by atoms with Crippen LogP contribution < -0.4 is 18.9 Å². The second-order valence-electron chi connectivity index (χ2n) is 13.4. The zero-order chi connectivity index (χ0) is 32.6. The van der Waals surface area contributed by atoms with Gasteiger partial charge in [-0.3, -0.25) is 13.9 Å². The standard InChI is InChI=1S/C34H43F2N2O6P/c1-8-17-37-20-27(21-37)41-31-16-13-25(18-28(31)36)38-29-15-14-26(42-45(39,43-33(2,3)4)44-34(5,6)7)19-32(29)40-22-30(38)23-9-11-24(35)12-10-23/h9-16,18-19,27,30H,8,17,20-22H2,1-7H3/t30-/m0/s1. The van der Waals surface area contributed by atoms with Crippen molar-refractivity contribution < 1.29 is 36.4 Å². The number of rotatable bonds is 10. The van der Waals surface area contributed by atoms with E-state index in [2.05, 4.69) is 11.8 Å². The molecule has 0 aliphatic carbocycles. The summed E-state index contributed by atoms with van der Waals surface area (Å²) in [4.78, 5) is 4.21. The number of anilines is 2. The van der Waals surface area contributed by atoms with Crippen LogP contribution in [0.1, 0.15) is 66.5 Å². The number of likely N-dealkylation sites (tertiary alicyclic amines) is 1. The molecule has 0 spiro atoms. The molecule has 244 valence electrons. The Bertz CT molecular complexity index is 1510. The Hall–Kier alpha value is -3.17. The second kappa shape index (κ2) is 12.9. The van der Waals surface area contributed by atoms with Crippen molar-refractivity contribution in [1.29, 1.82) is 0 Å². The Morgan fingerprint density at radius 3 is 2.18 bits per heavy atom. The summed E-state index contributed by atoms with van der Waals surface area (Å²) in [5.74, 6) is 0.00824. The molecule has 5 rings (SSSR count). The second-order valence-corrected chi connectivity index (χ2v) is 14.9. The average molecular weight is 645 g/mol. The van der Waals surface area contributed by atoms with Crippen LogP contribution in [0.15, 0.2) is 60.7 Å². The van der Waals surface area contributed by atoms with Crippen LogP contribution in [0.25, 0.3) is 0 Å². The lowest BCUT2D eigenvalue weighted by Gasteiger charge is -2.40. The SMILES string of the molecule is CCCN1CC(Oc2ccc(N3c4ccc(OP(=O)(OC(C)(C)C)OC(C)(C)C)cc4OC[C@H]3c3ccc(F)cc3)cc2F)C1. The number of hydrogen-bond donors (Lipinski definition) is 0. The number of halogens is 2. The van der Waals surface area contributed by atoms with Crippen molar-refractivity contribution in [2.45, 2.75) is 78.2 Å². The number of phosphoric acid groups is 1. The van der Waals surface area contributed by atoms with Crippen LogP contribution in [0.3, 0.4) is 0 Å². The van der Waals surface area contributed by atoms with Gasteiger partial charge in [0.05, 0.1) is 22.9 Å². The van der Waals surface area contributed by atoms with E-state index in [1.54, 1.807) is 84.0 Å². The molecule has 0 bridgehead atoms. The lowest BCUT2D eigenvalue weighted by Crippen LogP contribution is -2.53. The first-order valence-corrected chi connectivity index (χ1v) is 16.8. The van der Waals surface area contributed by atoms with Gasteiger partial charge in [-0.05, 0) is 96.5 Å². The molecule has 0 saturated carbocycles.